The van der Waals surface area contributed by atoms with Crippen molar-refractivity contribution in [2.24, 2.45) is 0 Å². The van der Waals surface area contributed by atoms with Crippen molar-refractivity contribution in [2.75, 3.05) is 38.7 Å². The molecule has 0 atom stereocenters. The summed E-state index contributed by atoms with van der Waals surface area (Å²) in [6.45, 7) is 7.85. The van der Waals surface area contributed by atoms with Gasteiger partial charge in [0, 0.05) is 32.4 Å². The molecule has 0 aliphatic heterocycles. The number of hydrogen-bond acceptors (Lipinski definition) is 3. The second-order valence-electron chi connectivity index (χ2n) is 3.92. The number of benzene rings is 1. The number of aryl methyl sites for hydroxylation is 1. The minimum absolute atomic E-state index is 0.767. The normalized spacial score (nSPS) is 10.4. The molecule has 0 saturated heterocycles. The maximum absolute atomic E-state index is 4.96. The topological polar surface area (TPSA) is 33.3 Å². The number of anilines is 1. The lowest BCUT2D eigenvalue weighted by atomic mass is 10.1. The zero-order valence-electron chi connectivity index (χ0n) is 10.5. The van der Waals surface area contributed by atoms with Crippen LogP contribution in [0.4, 0.5) is 5.69 Å². The standard InChI is InChI=1S/C13H22N2O/c1-11-5-4-6-13(12(11)2)15-8-7-14-9-10-16-3/h4-6,14-15H,7-10H2,1-3H3. The molecule has 0 bridgehead atoms. The Balaban J connectivity index is 2.24. The molecule has 1 aromatic rings. The maximum Gasteiger partial charge on any atom is 0.0587 e. The van der Waals surface area contributed by atoms with E-state index in [9.17, 15) is 0 Å². The van der Waals surface area contributed by atoms with Crippen LogP contribution in [0.1, 0.15) is 11.1 Å². The van der Waals surface area contributed by atoms with E-state index >= 15 is 0 Å². The van der Waals surface area contributed by atoms with Gasteiger partial charge in [-0.1, -0.05) is 12.1 Å². The van der Waals surface area contributed by atoms with Gasteiger partial charge in [0.05, 0.1) is 6.61 Å². The van der Waals surface area contributed by atoms with Gasteiger partial charge in [0.15, 0.2) is 0 Å². The van der Waals surface area contributed by atoms with Crippen LogP contribution < -0.4 is 10.6 Å². The largest absolute Gasteiger partial charge is 0.384 e. The highest BCUT2D eigenvalue weighted by atomic mass is 16.5. The number of rotatable bonds is 7. The third-order valence-corrected chi connectivity index (χ3v) is 2.70. The molecule has 1 rings (SSSR count). The summed E-state index contributed by atoms with van der Waals surface area (Å²) in [6, 6.07) is 6.35. The zero-order valence-corrected chi connectivity index (χ0v) is 10.5. The molecule has 0 saturated carbocycles. The Morgan fingerprint density at radius 3 is 2.69 bits per heavy atom. The molecule has 0 amide bonds. The van der Waals surface area contributed by atoms with E-state index in [-0.39, 0.29) is 0 Å². The van der Waals surface area contributed by atoms with Gasteiger partial charge in [-0.3, -0.25) is 0 Å². The first-order valence-electron chi connectivity index (χ1n) is 5.75. The minimum atomic E-state index is 0.767. The van der Waals surface area contributed by atoms with E-state index < -0.39 is 0 Å². The van der Waals surface area contributed by atoms with E-state index in [2.05, 4.69) is 42.7 Å². The molecule has 3 heteroatoms. The molecule has 0 fully saturated rings. The molecule has 3 nitrogen and oxygen atoms in total. The number of nitrogens with one attached hydrogen (secondary N) is 2. The van der Waals surface area contributed by atoms with E-state index in [1.165, 1.54) is 16.8 Å². The van der Waals surface area contributed by atoms with Gasteiger partial charge >= 0.3 is 0 Å². The Hall–Kier alpha value is -1.06. The van der Waals surface area contributed by atoms with E-state index in [1.54, 1.807) is 7.11 Å². The Morgan fingerprint density at radius 2 is 1.94 bits per heavy atom. The first-order valence-corrected chi connectivity index (χ1v) is 5.75. The first kappa shape index (κ1) is 13.0. The van der Waals surface area contributed by atoms with Gasteiger partial charge in [0.2, 0.25) is 0 Å². The number of hydrogen-bond donors (Lipinski definition) is 2. The van der Waals surface area contributed by atoms with Crippen molar-refractivity contribution in [3.05, 3.63) is 29.3 Å². The summed E-state index contributed by atoms with van der Waals surface area (Å²) in [7, 11) is 1.72. The van der Waals surface area contributed by atoms with Crippen LogP contribution in [0.2, 0.25) is 0 Å². The van der Waals surface area contributed by atoms with Gasteiger partial charge in [-0.15, -0.1) is 0 Å². The van der Waals surface area contributed by atoms with Gasteiger partial charge < -0.3 is 15.4 Å². The van der Waals surface area contributed by atoms with Crippen molar-refractivity contribution in [3.8, 4) is 0 Å². The lowest BCUT2D eigenvalue weighted by Crippen LogP contribution is -2.25. The van der Waals surface area contributed by atoms with Crippen molar-refractivity contribution < 1.29 is 4.74 Å². The predicted octanol–water partition coefficient (Wildman–Crippen LogP) is 1.95. The molecule has 0 unspecified atom stereocenters. The average molecular weight is 222 g/mol. The highest BCUT2D eigenvalue weighted by Gasteiger charge is 1.98. The van der Waals surface area contributed by atoms with Gasteiger partial charge in [0.1, 0.15) is 0 Å². The fourth-order valence-corrected chi connectivity index (χ4v) is 1.53. The van der Waals surface area contributed by atoms with E-state index in [0.29, 0.717) is 0 Å². The SMILES string of the molecule is COCCNCCNc1cccc(C)c1C. The molecule has 0 radical (unpaired) electrons. The second kappa shape index (κ2) is 7.25. The van der Waals surface area contributed by atoms with Crippen LogP contribution in [0.25, 0.3) is 0 Å². The molecule has 0 heterocycles. The molecule has 90 valence electrons. The zero-order chi connectivity index (χ0) is 11.8. The van der Waals surface area contributed by atoms with Crippen molar-refractivity contribution in [1.29, 1.82) is 0 Å². The lowest BCUT2D eigenvalue weighted by Gasteiger charge is -2.11. The highest BCUT2D eigenvalue weighted by molar-refractivity contribution is 5.53. The Bertz CT molecular complexity index is 313. The van der Waals surface area contributed by atoms with Crippen LogP contribution >= 0.6 is 0 Å². The second-order valence-corrected chi connectivity index (χ2v) is 3.92. The lowest BCUT2D eigenvalue weighted by molar-refractivity contribution is 0.200. The van der Waals surface area contributed by atoms with Crippen LogP contribution in [0, 0.1) is 13.8 Å². The Kier molecular flexibility index (Phi) is 5.90. The smallest absolute Gasteiger partial charge is 0.0587 e. The summed E-state index contributed by atoms with van der Waals surface area (Å²) in [6.07, 6.45) is 0. The van der Waals surface area contributed by atoms with Crippen LogP contribution in [-0.4, -0.2) is 33.4 Å². The third kappa shape index (κ3) is 4.21. The van der Waals surface area contributed by atoms with Gasteiger partial charge in [-0.2, -0.15) is 0 Å². The van der Waals surface area contributed by atoms with Crippen LogP contribution in [-0.2, 0) is 4.74 Å². The first-order chi connectivity index (χ1) is 7.75. The van der Waals surface area contributed by atoms with E-state index in [1.807, 2.05) is 0 Å². The van der Waals surface area contributed by atoms with Gasteiger partial charge in [-0.05, 0) is 31.0 Å². The summed E-state index contributed by atoms with van der Waals surface area (Å²) in [5.74, 6) is 0. The number of methoxy groups -OCH3 is 1. The Morgan fingerprint density at radius 1 is 1.12 bits per heavy atom. The average Bonchev–Trinajstić information content (AvgIpc) is 2.29. The fourth-order valence-electron chi connectivity index (χ4n) is 1.53. The summed E-state index contributed by atoms with van der Waals surface area (Å²) >= 11 is 0. The Labute approximate surface area is 98.2 Å². The third-order valence-electron chi connectivity index (χ3n) is 2.70. The van der Waals surface area contributed by atoms with E-state index in [4.69, 9.17) is 4.74 Å². The fraction of sp³-hybridized carbons (Fsp3) is 0.538. The molecular formula is C13H22N2O. The van der Waals surface area contributed by atoms with Crippen LogP contribution in [0.5, 0.6) is 0 Å². The summed E-state index contributed by atoms with van der Waals surface area (Å²) in [5, 5.41) is 6.73. The molecule has 0 spiro atoms. The van der Waals surface area contributed by atoms with Crippen molar-refractivity contribution in [3.63, 3.8) is 0 Å². The molecule has 0 aliphatic rings. The van der Waals surface area contributed by atoms with Crippen molar-refractivity contribution in [2.45, 2.75) is 13.8 Å². The number of ether oxygens (including phenoxy) is 1. The van der Waals surface area contributed by atoms with Gasteiger partial charge in [0.25, 0.3) is 0 Å². The summed E-state index contributed by atoms with van der Waals surface area (Å²) < 4.78 is 4.96. The molecule has 2 N–H and O–H groups in total. The molecule has 16 heavy (non-hydrogen) atoms. The quantitative estimate of drug-likeness (QED) is 0.692. The molecular weight excluding hydrogens is 200 g/mol. The highest BCUT2D eigenvalue weighted by Crippen LogP contribution is 2.17. The van der Waals surface area contributed by atoms with Crippen LogP contribution in [0.3, 0.4) is 0 Å². The summed E-state index contributed by atoms with van der Waals surface area (Å²) in [4.78, 5) is 0. The predicted molar refractivity (Wildman–Crippen MR) is 69.2 cm³/mol. The van der Waals surface area contributed by atoms with Crippen LogP contribution in [0.15, 0.2) is 18.2 Å². The maximum atomic E-state index is 4.96. The summed E-state index contributed by atoms with van der Waals surface area (Å²) in [5.41, 5.74) is 3.89. The monoisotopic (exact) mass is 222 g/mol. The molecule has 0 aromatic heterocycles. The molecule has 1 aromatic carbocycles. The minimum Gasteiger partial charge on any atom is -0.384 e. The van der Waals surface area contributed by atoms with Crippen molar-refractivity contribution in [1.82, 2.24) is 5.32 Å². The van der Waals surface area contributed by atoms with Gasteiger partial charge in [-0.25, -0.2) is 0 Å². The van der Waals surface area contributed by atoms with E-state index in [0.717, 1.165) is 26.2 Å². The van der Waals surface area contributed by atoms with Crippen molar-refractivity contribution >= 4 is 5.69 Å². The molecule has 0 aliphatic carbocycles.